The molecule has 0 saturated carbocycles. The molecule has 29 heavy (non-hydrogen) atoms. The minimum absolute atomic E-state index is 0.228. The SMILES string of the molecule is O=C(CN1C(=O)S/C(=C/c2ccco2)C1=O)Nc1ccccc1N1CCOCC1. The molecule has 9 heteroatoms. The lowest BCUT2D eigenvalue weighted by Crippen LogP contribution is -2.38. The second-order valence-electron chi connectivity index (χ2n) is 6.45. The molecule has 1 N–H and O–H groups in total. The Hall–Kier alpha value is -3.04. The summed E-state index contributed by atoms with van der Waals surface area (Å²) in [6.45, 7) is 2.36. The van der Waals surface area contributed by atoms with Crippen LogP contribution in [-0.4, -0.2) is 54.8 Å². The van der Waals surface area contributed by atoms with Gasteiger partial charge in [-0.15, -0.1) is 0 Å². The number of hydrogen-bond acceptors (Lipinski definition) is 7. The van der Waals surface area contributed by atoms with Gasteiger partial charge in [0.2, 0.25) is 5.91 Å². The van der Waals surface area contributed by atoms with Crippen molar-refractivity contribution in [2.24, 2.45) is 0 Å². The minimum Gasteiger partial charge on any atom is -0.465 e. The molecular formula is C20H19N3O5S. The van der Waals surface area contributed by atoms with E-state index in [9.17, 15) is 14.4 Å². The number of amides is 3. The van der Waals surface area contributed by atoms with Crippen LogP contribution in [-0.2, 0) is 14.3 Å². The van der Waals surface area contributed by atoms with Crippen molar-refractivity contribution < 1.29 is 23.5 Å². The second-order valence-corrected chi connectivity index (χ2v) is 7.44. The van der Waals surface area contributed by atoms with Crippen LogP contribution in [0.3, 0.4) is 0 Å². The average molecular weight is 413 g/mol. The topological polar surface area (TPSA) is 92.1 Å². The summed E-state index contributed by atoms with van der Waals surface area (Å²) in [5.74, 6) is -0.473. The summed E-state index contributed by atoms with van der Waals surface area (Å²) in [4.78, 5) is 40.6. The van der Waals surface area contributed by atoms with E-state index in [2.05, 4.69) is 10.2 Å². The lowest BCUT2D eigenvalue weighted by Gasteiger charge is -2.30. The molecule has 2 aliphatic rings. The smallest absolute Gasteiger partial charge is 0.294 e. The molecule has 1 aromatic carbocycles. The monoisotopic (exact) mass is 413 g/mol. The Bertz CT molecular complexity index is 951. The number of furan rings is 1. The van der Waals surface area contributed by atoms with Crippen molar-refractivity contribution >= 4 is 46.3 Å². The van der Waals surface area contributed by atoms with Gasteiger partial charge in [0.05, 0.1) is 35.8 Å². The molecule has 0 atom stereocenters. The van der Waals surface area contributed by atoms with Gasteiger partial charge in [0.25, 0.3) is 11.1 Å². The van der Waals surface area contributed by atoms with Gasteiger partial charge in [0, 0.05) is 19.2 Å². The molecule has 8 nitrogen and oxygen atoms in total. The zero-order chi connectivity index (χ0) is 20.2. The number of thioether (sulfide) groups is 1. The first-order valence-electron chi connectivity index (χ1n) is 9.12. The Morgan fingerprint density at radius 3 is 2.69 bits per heavy atom. The molecule has 150 valence electrons. The van der Waals surface area contributed by atoms with Gasteiger partial charge >= 0.3 is 0 Å². The van der Waals surface area contributed by atoms with E-state index in [0.29, 0.717) is 24.7 Å². The van der Waals surface area contributed by atoms with E-state index in [4.69, 9.17) is 9.15 Å². The highest BCUT2D eigenvalue weighted by atomic mass is 32.2. The summed E-state index contributed by atoms with van der Waals surface area (Å²) in [5, 5.41) is 2.34. The summed E-state index contributed by atoms with van der Waals surface area (Å²) in [5.41, 5.74) is 1.52. The van der Waals surface area contributed by atoms with Gasteiger partial charge in [-0.05, 0) is 36.0 Å². The Kier molecular flexibility index (Phi) is 5.68. The summed E-state index contributed by atoms with van der Waals surface area (Å²) < 4.78 is 10.6. The molecule has 0 bridgehead atoms. The van der Waals surface area contributed by atoms with Crippen LogP contribution in [0.15, 0.2) is 52.0 Å². The fraction of sp³-hybridized carbons (Fsp3) is 0.250. The van der Waals surface area contributed by atoms with E-state index in [0.717, 1.165) is 35.4 Å². The van der Waals surface area contributed by atoms with Crippen molar-refractivity contribution in [3.63, 3.8) is 0 Å². The molecule has 2 saturated heterocycles. The normalized spacial score (nSPS) is 18.6. The third kappa shape index (κ3) is 4.36. The maximum atomic E-state index is 12.6. The first-order chi connectivity index (χ1) is 14.1. The Morgan fingerprint density at radius 1 is 1.14 bits per heavy atom. The van der Waals surface area contributed by atoms with Crippen LogP contribution in [0.25, 0.3) is 6.08 Å². The second kappa shape index (κ2) is 8.54. The highest BCUT2D eigenvalue weighted by Gasteiger charge is 2.36. The van der Waals surface area contributed by atoms with E-state index in [-0.39, 0.29) is 11.4 Å². The van der Waals surface area contributed by atoms with Gasteiger partial charge < -0.3 is 19.4 Å². The van der Waals surface area contributed by atoms with Gasteiger partial charge in [-0.3, -0.25) is 19.3 Å². The van der Waals surface area contributed by atoms with Crippen LogP contribution < -0.4 is 10.2 Å². The van der Waals surface area contributed by atoms with Crippen molar-refractivity contribution in [3.05, 3.63) is 53.3 Å². The number of imide groups is 1. The predicted octanol–water partition coefficient (Wildman–Crippen LogP) is 2.79. The van der Waals surface area contributed by atoms with Gasteiger partial charge in [0.15, 0.2) is 0 Å². The van der Waals surface area contributed by atoms with Gasteiger partial charge in [-0.2, -0.15) is 0 Å². The number of hydrogen-bond donors (Lipinski definition) is 1. The third-order valence-corrected chi connectivity index (χ3v) is 5.43. The molecule has 0 aliphatic carbocycles. The number of ether oxygens (including phenoxy) is 1. The van der Waals surface area contributed by atoms with Crippen LogP contribution in [0, 0.1) is 0 Å². The fourth-order valence-electron chi connectivity index (χ4n) is 3.13. The van der Waals surface area contributed by atoms with Crippen LogP contribution in [0.5, 0.6) is 0 Å². The summed E-state index contributed by atoms with van der Waals surface area (Å²) in [6, 6.07) is 10.8. The van der Waals surface area contributed by atoms with Gasteiger partial charge in [-0.1, -0.05) is 12.1 Å². The van der Waals surface area contributed by atoms with Crippen molar-refractivity contribution in [2.75, 3.05) is 43.1 Å². The first kappa shape index (κ1) is 19.3. The van der Waals surface area contributed by atoms with Gasteiger partial charge in [-0.25, -0.2) is 0 Å². The number of rotatable bonds is 5. The highest BCUT2D eigenvalue weighted by Crippen LogP contribution is 2.32. The zero-order valence-corrected chi connectivity index (χ0v) is 16.3. The number of nitrogens with zero attached hydrogens (tertiary/aromatic N) is 2. The van der Waals surface area contributed by atoms with Crippen LogP contribution >= 0.6 is 11.8 Å². The molecule has 0 spiro atoms. The van der Waals surface area contributed by atoms with Crippen LogP contribution in [0.4, 0.5) is 16.2 Å². The average Bonchev–Trinajstić information content (AvgIpc) is 3.33. The number of anilines is 2. The molecule has 2 aromatic rings. The number of benzene rings is 1. The molecule has 2 aliphatic heterocycles. The van der Waals surface area contributed by atoms with E-state index in [1.54, 1.807) is 18.2 Å². The molecule has 2 fully saturated rings. The molecular weight excluding hydrogens is 394 g/mol. The van der Waals surface area contributed by atoms with Crippen LogP contribution in [0.2, 0.25) is 0 Å². The number of morpholine rings is 1. The summed E-state index contributed by atoms with van der Waals surface area (Å²) in [7, 11) is 0. The predicted molar refractivity (Wildman–Crippen MR) is 109 cm³/mol. The molecule has 3 heterocycles. The van der Waals surface area contributed by atoms with Gasteiger partial charge in [0.1, 0.15) is 12.3 Å². The number of carbonyl (C=O) groups excluding carboxylic acids is 3. The van der Waals surface area contributed by atoms with Crippen molar-refractivity contribution in [2.45, 2.75) is 0 Å². The Labute approximate surface area is 171 Å². The molecule has 0 unspecified atom stereocenters. The summed E-state index contributed by atoms with van der Waals surface area (Å²) >= 11 is 0.791. The third-order valence-electron chi connectivity index (χ3n) is 4.52. The first-order valence-corrected chi connectivity index (χ1v) is 9.94. The van der Waals surface area contributed by atoms with Crippen molar-refractivity contribution in [3.8, 4) is 0 Å². The highest BCUT2D eigenvalue weighted by molar-refractivity contribution is 8.18. The Morgan fingerprint density at radius 2 is 1.93 bits per heavy atom. The molecule has 1 aromatic heterocycles. The van der Waals surface area contributed by atoms with Crippen molar-refractivity contribution in [1.29, 1.82) is 0 Å². The molecule has 3 amide bonds. The maximum Gasteiger partial charge on any atom is 0.294 e. The standard InChI is InChI=1S/C20H19N3O5S/c24-18(21-15-5-1-2-6-16(15)22-7-10-27-11-8-22)13-23-19(25)17(29-20(23)26)12-14-4-3-9-28-14/h1-6,9,12H,7-8,10-11,13H2,(H,21,24)/b17-12+. The van der Waals surface area contributed by atoms with Crippen molar-refractivity contribution in [1.82, 2.24) is 4.90 Å². The van der Waals surface area contributed by atoms with E-state index < -0.39 is 17.1 Å². The zero-order valence-electron chi connectivity index (χ0n) is 15.5. The molecule has 0 radical (unpaired) electrons. The number of para-hydroxylation sites is 2. The Balaban J connectivity index is 1.44. The molecule has 4 rings (SSSR count). The largest absolute Gasteiger partial charge is 0.465 e. The lowest BCUT2D eigenvalue weighted by molar-refractivity contribution is -0.127. The lowest BCUT2D eigenvalue weighted by atomic mass is 10.2. The summed E-state index contributed by atoms with van der Waals surface area (Å²) in [6.07, 6.45) is 2.98. The van der Waals surface area contributed by atoms with E-state index >= 15 is 0 Å². The fourth-order valence-corrected chi connectivity index (χ4v) is 3.95. The quantitative estimate of drug-likeness (QED) is 0.754. The van der Waals surface area contributed by atoms with Crippen LogP contribution in [0.1, 0.15) is 5.76 Å². The van der Waals surface area contributed by atoms with E-state index in [1.165, 1.54) is 12.3 Å². The number of carbonyl (C=O) groups is 3. The maximum absolute atomic E-state index is 12.6. The minimum atomic E-state index is -0.506. The number of nitrogens with one attached hydrogen (secondary N) is 1. The van der Waals surface area contributed by atoms with E-state index in [1.807, 2.05) is 18.2 Å².